The number of hydrogen-bond donors (Lipinski definition) is 1. The van der Waals surface area contributed by atoms with E-state index in [1.165, 1.54) is 0 Å². The molecule has 1 atom stereocenters. The highest BCUT2D eigenvalue weighted by molar-refractivity contribution is 6.77. The summed E-state index contributed by atoms with van der Waals surface area (Å²) < 4.78 is 0. The predicted octanol–water partition coefficient (Wildman–Crippen LogP) is 2.60. The summed E-state index contributed by atoms with van der Waals surface area (Å²) in [5.41, 5.74) is 0.815. The van der Waals surface area contributed by atoms with Gasteiger partial charge in [-0.2, -0.15) is 0 Å². The first-order valence-electron chi connectivity index (χ1n) is 4.25. The van der Waals surface area contributed by atoms with Gasteiger partial charge in [0.1, 0.15) is 0 Å². The quantitative estimate of drug-likeness (QED) is 0.694. The van der Waals surface area contributed by atoms with Crippen LogP contribution in [0, 0.1) is 0 Å². The summed E-state index contributed by atoms with van der Waals surface area (Å²) in [4.78, 5) is 0. The smallest absolute Gasteiger partial charge is 0.0838 e. The van der Waals surface area contributed by atoms with Crippen LogP contribution in [0.4, 0.5) is 0 Å². The van der Waals surface area contributed by atoms with E-state index >= 15 is 0 Å². The van der Waals surface area contributed by atoms with E-state index in [2.05, 4.69) is 19.6 Å². The maximum Gasteiger partial charge on any atom is 0.0838 e. The lowest BCUT2D eigenvalue weighted by molar-refractivity contribution is 0.250. The minimum atomic E-state index is -1.45. The molecule has 66 valence electrons. The van der Waals surface area contributed by atoms with E-state index in [1.54, 1.807) is 0 Å². The molecule has 1 rings (SSSR count). The van der Waals surface area contributed by atoms with Gasteiger partial charge in [0.05, 0.1) is 13.8 Å². The molecular formula is C10H16OSi. The molecule has 0 spiro atoms. The molecule has 12 heavy (non-hydrogen) atoms. The Bertz CT molecular complexity index is 238. The van der Waals surface area contributed by atoms with Crippen LogP contribution in [-0.4, -0.2) is 13.2 Å². The molecular weight excluding hydrogens is 164 g/mol. The molecule has 0 aliphatic carbocycles. The molecule has 0 fully saturated rings. The largest absolute Gasteiger partial charge is 0.392 e. The summed E-state index contributed by atoms with van der Waals surface area (Å²) >= 11 is 0. The maximum absolute atomic E-state index is 9.92. The van der Waals surface area contributed by atoms with Crippen molar-refractivity contribution in [1.29, 1.82) is 0 Å². The second kappa shape index (κ2) is 3.41. The lowest BCUT2D eigenvalue weighted by Crippen LogP contribution is -2.30. The average molecular weight is 180 g/mol. The molecule has 0 radical (unpaired) electrons. The summed E-state index contributed by atoms with van der Waals surface area (Å²) in [7, 11) is -1.45. The monoisotopic (exact) mass is 180 g/mol. The third kappa shape index (κ3) is 2.19. The van der Waals surface area contributed by atoms with Crippen LogP contribution in [0.2, 0.25) is 19.6 Å². The third-order valence-corrected chi connectivity index (χ3v) is 3.91. The van der Waals surface area contributed by atoms with Gasteiger partial charge in [-0.1, -0.05) is 50.0 Å². The van der Waals surface area contributed by atoms with Crippen molar-refractivity contribution < 1.29 is 5.11 Å². The number of aliphatic hydroxyl groups excluding tert-OH is 1. The molecule has 2 heteroatoms. The minimum Gasteiger partial charge on any atom is -0.392 e. The van der Waals surface area contributed by atoms with E-state index < -0.39 is 8.07 Å². The van der Waals surface area contributed by atoms with Gasteiger partial charge in [0.2, 0.25) is 0 Å². The number of hydrogen-bond acceptors (Lipinski definition) is 1. The van der Waals surface area contributed by atoms with Gasteiger partial charge in [-0.05, 0) is 5.56 Å². The zero-order chi connectivity index (χ0) is 9.19. The molecule has 1 aromatic rings. The fourth-order valence-electron chi connectivity index (χ4n) is 1.14. The molecule has 1 nitrogen and oxygen atoms in total. The molecule has 0 heterocycles. The van der Waals surface area contributed by atoms with Crippen molar-refractivity contribution >= 4 is 8.07 Å². The van der Waals surface area contributed by atoms with Crippen molar-refractivity contribution in [1.82, 2.24) is 0 Å². The molecule has 1 aromatic carbocycles. The fraction of sp³-hybridized carbons (Fsp3) is 0.400. The molecule has 0 aliphatic rings. The van der Waals surface area contributed by atoms with E-state index in [4.69, 9.17) is 0 Å². The van der Waals surface area contributed by atoms with Crippen molar-refractivity contribution in [3.8, 4) is 0 Å². The Kier molecular flexibility index (Phi) is 2.70. The molecule has 0 saturated carbocycles. The Morgan fingerprint density at radius 3 is 2.00 bits per heavy atom. The van der Waals surface area contributed by atoms with Crippen molar-refractivity contribution in [2.75, 3.05) is 0 Å². The SMILES string of the molecule is C[Si](C)(C)[C@H](O)c1ccccc1. The molecule has 0 unspecified atom stereocenters. The molecule has 1 N–H and O–H groups in total. The summed E-state index contributed by atoms with van der Waals surface area (Å²) in [6.07, 6.45) is 0. The average Bonchev–Trinajstić information content (AvgIpc) is 2.03. The highest BCUT2D eigenvalue weighted by Gasteiger charge is 2.25. The second-order valence-electron chi connectivity index (χ2n) is 4.18. The van der Waals surface area contributed by atoms with Crippen LogP contribution in [0.3, 0.4) is 0 Å². The van der Waals surface area contributed by atoms with Crippen molar-refractivity contribution in [2.24, 2.45) is 0 Å². The summed E-state index contributed by atoms with van der Waals surface area (Å²) in [5.74, 6) is 0. The minimum absolute atomic E-state index is 0.237. The van der Waals surface area contributed by atoms with Crippen LogP contribution in [0.15, 0.2) is 30.3 Å². The van der Waals surface area contributed by atoms with Crippen molar-refractivity contribution in [3.63, 3.8) is 0 Å². The van der Waals surface area contributed by atoms with E-state index in [-0.39, 0.29) is 5.73 Å². The number of aliphatic hydroxyl groups is 1. The van der Waals surface area contributed by atoms with Gasteiger partial charge < -0.3 is 5.11 Å². The van der Waals surface area contributed by atoms with Crippen LogP contribution in [-0.2, 0) is 0 Å². The van der Waals surface area contributed by atoms with Crippen LogP contribution in [0.1, 0.15) is 11.3 Å². The Morgan fingerprint density at radius 1 is 1.08 bits per heavy atom. The Labute approximate surface area is 75.1 Å². The van der Waals surface area contributed by atoms with E-state index in [0.717, 1.165) is 5.56 Å². The van der Waals surface area contributed by atoms with Gasteiger partial charge in [-0.3, -0.25) is 0 Å². The predicted molar refractivity (Wildman–Crippen MR) is 54.7 cm³/mol. The fourth-order valence-corrected chi connectivity index (χ4v) is 2.33. The van der Waals surface area contributed by atoms with Crippen molar-refractivity contribution in [3.05, 3.63) is 35.9 Å². The van der Waals surface area contributed by atoms with Gasteiger partial charge in [0.15, 0.2) is 0 Å². The zero-order valence-electron chi connectivity index (χ0n) is 7.91. The molecule has 0 amide bonds. The van der Waals surface area contributed by atoms with Gasteiger partial charge in [0.25, 0.3) is 0 Å². The second-order valence-corrected chi connectivity index (χ2v) is 9.46. The van der Waals surface area contributed by atoms with Crippen LogP contribution in [0.5, 0.6) is 0 Å². The Hall–Kier alpha value is -0.603. The normalized spacial score (nSPS) is 14.3. The first-order chi connectivity index (χ1) is 5.52. The Balaban J connectivity index is 2.86. The standard InChI is InChI=1S/C10H16OSi/c1-12(2,3)10(11)9-7-5-4-6-8-9/h4-8,10-11H,1-3H3/t10-/m0/s1. The lowest BCUT2D eigenvalue weighted by atomic mass is 10.2. The molecule has 0 saturated heterocycles. The first-order valence-corrected chi connectivity index (χ1v) is 7.82. The Morgan fingerprint density at radius 2 is 1.58 bits per heavy atom. The third-order valence-electron chi connectivity index (χ3n) is 1.94. The van der Waals surface area contributed by atoms with Crippen LogP contribution >= 0.6 is 0 Å². The van der Waals surface area contributed by atoms with Gasteiger partial charge >= 0.3 is 0 Å². The molecule has 0 bridgehead atoms. The maximum atomic E-state index is 9.92. The van der Waals surface area contributed by atoms with Crippen LogP contribution < -0.4 is 0 Å². The van der Waals surface area contributed by atoms with Gasteiger partial charge in [-0.15, -0.1) is 0 Å². The number of rotatable bonds is 2. The van der Waals surface area contributed by atoms with Crippen molar-refractivity contribution in [2.45, 2.75) is 25.4 Å². The zero-order valence-corrected chi connectivity index (χ0v) is 8.91. The number of benzene rings is 1. The molecule has 0 aromatic heterocycles. The first kappa shape index (κ1) is 9.48. The lowest BCUT2D eigenvalue weighted by Gasteiger charge is -2.23. The van der Waals surface area contributed by atoms with E-state index in [9.17, 15) is 5.11 Å². The van der Waals surface area contributed by atoms with Crippen LogP contribution in [0.25, 0.3) is 0 Å². The van der Waals surface area contributed by atoms with Gasteiger partial charge in [-0.25, -0.2) is 0 Å². The highest BCUT2D eigenvalue weighted by atomic mass is 28.3. The summed E-state index contributed by atoms with van der Waals surface area (Å²) in [6, 6.07) is 9.89. The van der Waals surface area contributed by atoms with Gasteiger partial charge in [0, 0.05) is 0 Å². The topological polar surface area (TPSA) is 20.2 Å². The van der Waals surface area contributed by atoms with E-state index in [0.29, 0.717) is 0 Å². The van der Waals surface area contributed by atoms with E-state index in [1.807, 2.05) is 30.3 Å². The summed E-state index contributed by atoms with van der Waals surface area (Å²) in [5, 5.41) is 9.92. The molecule has 0 aliphatic heterocycles. The summed E-state index contributed by atoms with van der Waals surface area (Å²) in [6.45, 7) is 6.51. The highest BCUT2D eigenvalue weighted by Crippen LogP contribution is 2.23.